The van der Waals surface area contributed by atoms with Gasteiger partial charge in [0, 0.05) is 18.7 Å². The molecule has 1 fully saturated rings. The first-order valence-corrected chi connectivity index (χ1v) is 9.98. The van der Waals surface area contributed by atoms with Crippen LogP contribution in [0, 0.1) is 5.92 Å². The van der Waals surface area contributed by atoms with Crippen LogP contribution in [0.2, 0.25) is 0 Å². The summed E-state index contributed by atoms with van der Waals surface area (Å²) < 4.78 is 1.66. The van der Waals surface area contributed by atoms with E-state index in [9.17, 15) is 9.59 Å². The van der Waals surface area contributed by atoms with Crippen molar-refractivity contribution in [2.75, 3.05) is 13.1 Å². The van der Waals surface area contributed by atoms with E-state index in [4.69, 9.17) is 5.11 Å². The van der Waals surface area contributed by atoms with Crippen molar-refractivity contribution in [3.05, 3.63) is 65.5 Å². The van der Waals surface area contributed by atoms with Crippen LogP contribution in [0.3, 0.4) is 0 Å². The molecule has 0 aliphatic carbocycles. The number of carbonyl (C=O) groups is 2. The zero-order valence-electron chi connectivity index (χ0n) is 16.7. The van der Waals surface area contributed by atoms with Crippen LogP contribution < -0.4 is 0 Å². The smallest absolute Gasteiger partial charge is 0.354 e. The second kappa shape index (κ2) is 8.44. The Morgan fingerprint density at radius 3 is 2.67 bits per heavy atom. The minimum absolute atomic E-state index is 0.0367. The fourth-order valence-electron chi connectivity index (χ4n) is 3.69. The summed E-state index contributed by atoms with van der Waals surface area (Å²) >= 11 is 0. The van der Waals surface area contributed by atoms with Crippen LogP contribution in [0.4, 0.5) is 0 Å². The molecule has 1 aliphatic rings. The van der Waals surface area contributed by atoms with Crippen LogP contribution in [-0.2, 0) is 6.54 Å². The first kappa shape index (κ1) is 19.8. The van der Waals surface area contributed by atoms with Crippen molar-refractivity contribution >= 4 is 11.9 Å². The van der Waals surface area contributed by atoms with Crippen LogP contribution >= 0.6 is 0 Å². The molecule has 1 aliphatic heterocycles. The number of piperidine rings is 1. The summed E-state index contributed by atoms with van der Waals surface area (Å²) in [7, 11) is 0. The van der Waals surface area contributed by atoms with E-state index >= 15 is 0 Å². The highest BCUT2D eigenvalue weighted by atomic mass is 16.4. The molecule has 1 atom stereocenters. The molecule has 8 nitrogen and oxygen atoms in total. The maximum Gasteiger partial charge on any atom is 0.354 e. The number of hydrogen-bond donors (Lipinski definition) is 1. The van der Waals surface area contributed by atoms with E-state index in [-0.39, 0.29) is 11.6 Å². The number of likely N-dealkylation sites (tertiary alicyclic amines) is 1. The molecule has 1 amide bonds. The Morgan fingerprint density at radius 2 is 1.93 bits per heavy atom. The van der Waals surface area contributed by atoms with E-state index in [2.05, 4.69) is 22.2 Å². The van der Waals surface area contributed by atoms with Crippen molar-refractivity contribution < 1.29 is 14.7 Å². The second-order valence-corrected chi connectivity index (χ2v) is 7.71. The number of benzene rings is 1. The largest absolute Gasteiger partial charge is 0.477 e. The third kappa shape index (κ3) is 4.37. The van der Waals surface area contributed by atoms with Gasteiger partial charge in [-0.2, -0.15) is 0 Å². The number of carboxylic acid groups (broad SMARTS) is 1. The quantitative estimate of drug-likeness (QED) is 0.700. The SMILES string of the molecule is CC1CCCN(C(=O)c2ccc(Cn3cc(-c4cccc(C(=O)O)n4)nn3)cc2)C1. The molecule has 1 N–H and O–H groups in total. The van der Waals surface area contributed by atoms with Gasteiger partial charge in [-0.3, -0.25) is 4.79 Å². The van der Waals surface area contributed by atoms with E-state index in [1.165, 1.54) is 12.5 Å². The van der Waals surface area contributed by atoms with Crippen molar-refractivity contribution in [2.24, 2.45) is 5.92 Å². The Morgan fingerprint density at radius 1 is 1.13 bits per heavy atom. The normalized spacial score (nSPS) is 16.4. The molecule has 2 aromatic heterocycles. The molecule has 0 spiro atoms. The number of carboxylic acids is 1. The number of hydrogen-bond acceptors (Lipinski definition) is 5. The molecule has 0 radical (unpaired) electrons. The van der Waals surface area contributed by atoms with Gasteiger partial charge in [0.05, 0.1) is 18.4 Å². The summed E-state index contributed by atoms with van der Waals surface area (Å²) in [6.07, 6.45) is 3.96. The van der Waals surface area contributed by atoms with Crippen LogP contribution in [0.5, 0.6) is 0 Å². The number of aromatic carboxylic acids is 1. The molecular formula is C22H23N5O3. The van der Waals surface area contributed by atoms with Gasteiger partial charge in [0.15, 0.2) is 0 Å². The Hall–Kier alpha value is -3.55. The lowest BCUT2D eigenvalue weighted by molar-refractivity contribution is 0.0677. The highest BCUT2D eigenvalue weighted by molar-refractivity contribution is 5.94. The first-order valence-electron chi connectivity index (χ1n) is 9.98. The molecule has 154 valence electrons. The maximum atomic E-state index is 12.7. The third-order valence-electron chi connectivity index (χ3n) is 5.26. The van der Waals surface area contributed by atoms with Crippen LogP contribution in [0.1, 0.15) is 46.2 Å². The highest BCUT2D eigenvalue weighted by Crippen LogP contribution is 2.19. The average molecular weight is 405 g/mol. The molecule has 4 rings (SSSR count). The van der Waals surface area contributed by atoms with Crippen molar-refractivity contribution in [3.63, 3.8) is 0 Å². The Labute approximate surface area is 174 Å². The van der Waals surface area contributed by atoms with Gasteiger partial charge < -0.3 is 10.0 Å². The standard InChI is InChI=1S/C22H23N5O3/c1-15-4-3-11-26(12-15)21(28)17-9-7-16(8-10-17)13-27-14-20(24-25-27)18-5-2-6-19(23-18)22(29)30/h2,5-10,14-15H,3-4,11-13H2,1H3,(H,29,30). The molecule has 0 bridgehead atoms. The predicted molar refractivity (Wildman–Crippen MR) is 110 cm³/mol. The fraction of sp³-hybridized carbons (Fsp3) is 0.318. The molecule has 8 heteroatoms. The summed E-state index contributed by atoms with van der Waals surface area (Å²) in [6, 6.07) is 12.3. The number of nitrogens with zero attached hydrogens (tertiary/aromatic N) is 5. The van der Waals surface area contributed by atoms with E-state index in [1.807, 2.05) is 29.2 Å². The van der Waals surface area contributed by atoms with Gasteiger partial charge in [0.1, 0.15) is 11.4 Å². The molecule has 1 aromatic carbocycles. The number of rotatable bonds is 5. The Balaban J connectivity index is 1.43. The topological polar surface area (TPSA) is 101 Å². The maximum absolute atomic E-state index is 12.7. The fourth-order valence-corrected chi connectivity index (χ4v) is 3.69. The number of amides is 1. The van der Waals surface area contributed by atoms with Gasteiger partial charge in [-0.1, -0.05) is 30.3 Å². The van der Waals surface area contributed by atoms with E-state index < -0.39 is 5.97 Å². The Kier molecular flexibility index (Phi) is 5.56. The monoisotopic (exact) mass is 405 g/mol. The van der Waals surface area contributed by atoms with Gasteiger partial charge in [0.2, 0.25) is 0 Å². The van der Waals surface area contributed by atoms with Gasteiger partial charge in [-0.25, -0.2) is 14.5 Å². The molecule has 3 heterocycles. The third-order valence-corrected chi connectivity index (χ3v) is 5.26. The van der Waals surface area contributed by atoms with Crippen molar-refractivity contribution in [3.8, 4) is 11.4 Å². The van der Waals surface area contributed by atoms with Crippen LogP contribution in [0.25, 0.3) is 11.4 Å². The minimum atomic E-state index is -1.09. The number of aromatic nitrogens is 4. The zero-order valence-corrected chi connectivity index (χ0v) is 16.7. The molecule has 30 heavy (non-hydrogen) atoms. The second-order valence-electron chi connectivity index (χ2n) is 7.71. The lowest BCUT2D eigenvalue weighted by Crippen LogP contribution is -2.39. The summed E-state index contributed by atoms with van der Waals surface area (Å²) in [5.74, 6) is -0.451. The zero-order chi connectivity index (χ0) is 21.1. The molecule has 3 aromatic rings. The molecular weight excluding hydrogens is 382 g/mol. The van der Waals surface area contributed by atoms with E-state index in [0.29, 0.717) is 29.4 Å². The van der Waals surface area contributed by atoms with E-state index in [1.54, 1.807) is 23.0 Å². The summed E-state index contributed by atoms with van der Waals surface area (Å²) in [5, 5.41) is 17.3. The van der Waals surface area contributed by atoms with Gasteiger partial charge in [0.25, 0.3) is 5.91 Å². The number of pyridine rings is 1. The summed E-state index contributed by atoms with van der Waals surface area (Å²) in [5.41, 5.74) is 2.61. The van der Waals surface area contributed by atoms with Gasteiger partial charge in [-0.05, 0) is 48.6 Å². The van der Waals surface area contributed by atoms with Crippen LogP contribution in [0.15, 0.2) is 48.7 Å². The minimum Gasteiger partial charge on any atom is -0.477 e. The average Bonchev–Trinajstić information content (AvgIpc) is 3.22. The Bertz CT molecular complexity index is 1060. The van der Waals surface area contributed by atoms with E-state index in [0.717, 1.165) is 25.1 Å². The molecule has 1 unspecified atom stereocenters. The van der Waals surface area contributed by atoms with Gasteiger partial charge in [-0.15, -0.1) is 5.10 Å². The van der Waals surface area contributed by atoms with Crippen molar-refractivity contribution in [1.29, 1.82) is 0 Å². The number of carbonyl (C=O) groups excluding carboxylic acids is 1. The first-order chi connectivity index (χ1) is 14.5. The highest BCUT2D eigenvalue weighted by Gasteiger charge is 2.21. The summed E-state index contributed by atoms with van der Waals surface area (Å²) in [4.78, 5) is 29.8. The molecule has 0 saturated carbocycles. The van der Waals surface area contributed by atoms with Crippen molar-refractivity contribution in [1.82, 2.24) is 24.9 Å². The lowest BCUT2D eigenvalue weighted by Gasteiger charge is -2.31. The predicted octanol–water partition coefficient (Wildman–Crippen LogP) is 2.96. The van der Waals surface area contributed by atoms with Gasteiger partial charge >= 0.3 is 5.97 Å². The van der Waals surface area contributed by atoms with Crippen molar-refractivity contribution in [2.45, 2.75) is 26.3 Å². The lowest BCUT2D eigenvalue weighted by atomic mass is 9.99. The molecule has 1 saturated heterocycles. The summed E-state index contributed by atoms with van der Waals surface area (Å²) in [6.45, 7) is 4.31. The van der Waals surface area contributed by atoms with Crippen LogP contribution in [-0.4, -0.2) is 55.0 Å².